The lowest BCUT2D eigenvalue weighted by Crippen LogP contribution is -2.42. The van der Waals surface area contributed by atoms with E-state index in [1.165, 1.54) is 4.90 Å². The molecule has 0 bridgehead atoms. The van der Waals surface area contributed by atoms with Crippen LogP contribution in [0.2, 0.25) is 0 Å². The first kappa shape index (κ1) is 15.9. The molecular formula is C15H16F2N2O3. The molecule has 0 radical (unpaired) electrons. The lowest BCUT2D eigenvalue weighted by Gasteiger charge is -2.22. The molecule has 1 heterocycles. The van der Waals surface area contributed by atoms with Gasteiger partial charge < -0.3 is 15.0 Å². The molecule has 1 aromatic carbocycles. The summed E-state index contributed by atoms with van der Waals surface area (Å²) < 4.78 is 32.0. The Morgan fingerprint density at radius 3 is 2.82 bits per heavy atom. The second-order valence-electron chi connectivity index (χ2n) is 4.83. The zero-order valence-corrected chi connectivity index (χ0v) is 12.1. The summed E-state index contributed by atoms with van der Waals surface area (Å²) in [5, 5.41) is 2.37. The fraction of sp³-hybridized carbons (Fsp3) is 0.333. The molecule has 1 aliphatic heterocycles. The van der Waals surface area contributed by atoms with E-state index in [2.05, 4.69) is 16.6 Å². The summed E-state index contributed by atoms with van der Waals surface area (Å²) in [6.45, 7) is 3.83. The van der Waals surface area contributed by atoms with Gasteiger partial charge in [0.05, 0.1) is 12.8 Å². The largest absolute Gasteiger partial charge is 0.491 e. The summed E-state index contributed by atoms with van der Waals surface area (Å²) in [6.07, 6.45) is 2.28. The molecule has 1 saturated heterocycles. The number of methoxy groups -OCH3 is 1. The molecular weight excluding hydrogens is 294 g/mol. The molecule has 0 aliphatic carbocycles. The number of likely N-dealkylation sites (tertiary alicyclic amines) is 1. The predicted molar refractivity (Wildman–Crippen MR) is 76.5 cm³/mol. The Hall–Kier alpha value is -2.44. The number of carbonyl (C=O) groups excluding carboxylic acids is 2. The van der Waals surface area contributed by atoms with Gasteiger partial charge in [-0.2, -0.15) is 0 Å². The van der Waals surface area contributed by atoms with Crippen molar-refractivity contribution < 1.29 is 23.1 Å². The number of anilines is 1. The quantitative estimate of drug-likeness (QED) is 0.866. The molecule has 22 heavy (non-hydrogen) atoms. The first-order valence-corrected chi connectivity index (χ1v) is 6.75. The third-order valence-electron chi connectivity index (χ3n) is 3.52. The van der Waals surface area contributed by atoms with Gasteiger partial charge in [0.25, 0.3) is 0 Å². The Labute approximate surface area is 126 Å². The van der Waals surface area contributed by atoms with Crippen molar-refractivity contribution in [3.05, 3.63) is 36.4 Å². The number of benzene rings is 1. The Balaban J connectivity index is 2.19. The average Bonchev–Trinajstić information content (AvgIpc) is 2.99. The Morgan fingerprint density at radius 1 is 1.45 bits per heavy atom. The van der Waals surface area contributed by atoms with Gasteiger partial charge in [-0.25, -0.2) is 8.78 Å². The van der Waals surface area contributed by atoms with E-state index in [9.17, 15) is 18.4 Å². The third-order valence-corrected chi connectivity index (χ3v) is 3.52. The van der Waals surface area contributed by atoms with Crippen LogP contribution in [-0.4, -0.2) is 36.4 Å². The van der Waals surface area contributed by atoms with Crippen LogP contribution in [0, 0.1) is 11.6 Å². The van der Waals surface area contributed by atoms with Crippen LogP contribution >= 0.6 is 0 Å². The number of nitrogens with zero attached hydrogens (tertiary/aromatic N) is 1. The van der Waals surface area contributed by atoms with E-state index in [1.54, 1.807) is 0 Å². The third kappa shape index (κ3) is 2.93. The number of hydrogen-bond donors (Lipinski definition) is 1. The number of ether oxygens (including phenoxy) is 1. The number of nitrogens with one attached hydrogen (secondary N) is 1. The molecule has 0 saturated carbocycles. The van der Waals surface area contributed by atoms with Crippen molar-refractivity contribution in [2.75, 3.05) is 19.0 Å². The summed E-state index contributed by atoms with van der Waals surface area (Å²) in [4.78, 5) is 25.3. The van der Waals surface area contributed by atoms with Gasteiger partial charge in [-0.05, 0) is 31.1 Å². The van der Waals surface area contributed by atoms with Gasteiger partial charge in [-0.1, -0.05) is 6.58 Å². The Kier molecular flexibility index (Phi) is 4.75. The standard InChI is InChI=1S/C15H16F2N2O3/c1-3-12(20)19-8-4-5-11(19)15(21)18-10-7-6-9(16)14(22-2)13(10)17/h3,6-7,11H,1,4-5,8H2,2H3,(H,18,21). The maximum Gasteiger partial charge on any atom is 0.247 e. The van der Waals surface area contributed by atoms with E-state index in [1.807, 2.05) is 0 Å². The van der Waals surface area contributed by atoms with E-state index in [-0.39, 0.29) is 11.6 Å². The molecule has 1 aromatic rings. The molecule has 118 valence electrons. The topological polar surface area (TPSA) is 58.6 Å². The minimum absolute atomic E-state index is 0.193. The zero-order chi connectivity index (χ0) is 16.3. The lowest BCUT2D eigenvalue weighted by molar-refractivity contribution is -0.132. The molecule has 2 amide bonds. The average molecular weight is 310 g/mol. The molecule has 1 fully saturated rings. The molecule has 0 aromatic heterocycles. The maximum atomic E-state index is 14.0. The highest BCUT2D eigenvalue weighted by Crippen LogP contribution is 2.28. The summed E-state index contributed by atoms with van der Waals surface area (Å²) in [5.74, 6) is -3.30. The van der Waals surface area contributed by atoms with Gasteiger partial charge in [-0.15, -0.1) is 0 Å². The minimum atomic E-state index is -0.990. The Bertz CT molecular complexity index is 619. The van der Waals surface area contributed by atoms with Crippen molar-refractivity contribution >= 4 is 17.5 Å². The van der Waals surface area contributed by atoms with E-state index in [0.717, 1.165) is 25.3 Å². The highest BCUT2D eigenvalue weighted by molar-refractivity contribution is 5.99. The van der Waals surface area contributed by atoms with Crippen molar-refractivity contribution in [1.82, 2.24) is 4.90 Å². The van der Waals surface area contributed by atoms with Crippen LogP contribution < -0.4 is 10.1 Å². The van der Waals surface area contributed by atoms with Gasteiger partial charge in [0.15, 0.2) is 17.4 Å². The first-order chi connectivity index (χ1) is 10.5. The SMILES string of the molecule is C=CC(=O)N1CCCC1C(=O)Nc1ccc(F)c(OC)c1F. The molecule has 1 unspecified atom stereocenters. The zero-order valence-electron chi connectivity index (χ0n) is 12.1. The van der Waals surface area contributed by atoms with E-state index in [4.69, 9.17) is 0 Å². The monoisotopic (exact) mass is 310 g/mol. The van der Waals surface area contributed by atoms with Gasteiger partial charge in [0.1, 0.15) is 6.04 Å². The predicted octanol–water partition coefficient (Wildman–Crippen LogP) is 2.09. The Morgan fingerprint density at radius 2 is 2.18 bits per heavy atom. The second-order valence-corrected chi connectivity index (χ2v) is 4.83. The highest BCUT2D eigenvalue weighted by atomic mass is 19.1. The molecule has 1 atom stereocenters. The lowest BCUT2D eigenvalue weighted by atomic mass is 10.2. The van der Waals surface area contributed by atoms with Crippen molar-refractivity contribution in [1.29, 1.82) is 0 Å². The van der Waals surface area contributed by atoms with Crippen LogP contribution in [-0.2, 0) is 9.59 Å². The van der Waals surface area contributed by atoms with Crippen molar-refractivity contribution in [3.8, 4) is 5.75 Å². The van der Waals surface area contributed by atoms with Crippen molar-refractivity contribution in [2.45, 2.75) is 18.9 Å². The minimum Gasteiger partial charge on any atom is -0.491 e. The van der Waals surface area contributed by atoms with Crippen LogP contribution in [0.5, 0.6) is 5.75 Å². The maximum absolute atomic E-state index is 14.0. The molecule has 0 spiro atoms. The smallest absolute Gasteiger partial charge is 0.247 e. The molecule has 7 heteroatoms. The number of halogens is 2. The van der Waals surface area contributed by atoms with Crippen molar-refractivity contribution in [2.24, 2.45) is 0 Å². The summed E-state index contributed by atoms with van der Waals surface area (Å²) in [6, 6.07) is 1.42. The van der Waals surface area contributed by atoms with E-state index >= 15 is 0 Å². The van der Waals surface area contributed by atoms with Gasteiger partial charge in [-0.3, -0.25) is 9.59 Å². The van der Waals surface area contributed by atoms with Crippen LogP contribution in [0.25, 0.3) is 0 Å². The van der Waals surface area contributed by atoms with Gasteiger partial charge in [0, 0.05) is 6.54 Å². The van der Waals surface area contributed by atoms with Gasteiger partial charge >= 0.3 is 0 Å². The summed E-state index contributed by atoms with van der Waals surface area (Å²) in [7, 11) is 1.13. The molecule has 5 nitrogen and oxygen atoms in total. The number of rotatable bonds is 4. The molecule has 1 N–H and O–H groups in total. The summed E-state index contributed by atoms with van der Waals surface area (Å²) >= 11 is 0. The van der Waals surface area contributed by atoms with E-state index < -0.39 is 29.3 Å². The normalized spacial score (nSPS) is 17.2. The summed E-state index contributed by atoms with van der Waals surface area (Å²) in [5.41, 5.74) is -0.193. The van der Waals surface area contributed by atoms with Crippen LogP contribution in [0.1, 0.15) is 12.8 Å². The van der Waals surface area contributed by atoms with E-state index in [0.29, 0.717) is 19.4 Å². The van der Waals surface area contributed by atoms with Crippen LogP contribution in [0.3, 0.4) is 0 Å². The van der Waals surface area contributed by atoms with Crippen LogP contribution in [0.15, 0.2) is 24.8 Å². The van der Waals surface area contributed by atoms with Crippen molar-refractivity contribution in [3.63, 3.8) is 0 Å². The molecule has 2 rings (SSSR count). The number of carbonyl (C=O) groups is 2. The highest BCUT2D eigenvalue weighted by Gasteiger charge is 2.33. The fourth-order valence-electron chi connectivity index (χ4n) is 2.45. The molecule has 1 aliphatic rings. The number of amides is 2. The second kappa shape index (κ2) is 6.55. The fourth-order valence-corrected chi connectivity index (χ4v) is 2.45. The van der Waals surface area contributed by atoms with Gasteiger partial charge in [0.2, 0.25) is 11.8 Å². The first-order valence-electron chi connectivity index (χ1n) is 6.75. The van der Waals surface area contributed by atoms with Crippen LogP contribution in [0.4, 0.5) is 14.5 Å². The number of hydrogen-bond acceptors (Lipinski definition) is 3.